The summed E-state index contributed by atoms with van der Waals surface area (Å²) >= 11 is 0. The van der Waals surface area contributed by atoms with Crippen molar-refractivity contribution in [1.29, 1.82) is 0 Å². The van der Waals surface area contributed by atoms with E-state index in [0.717, 1.165) is 106 Å². The van der Waals surface area contributed by atoms with Crippen LogP contribution in [0.5, 0.6) is 11.5 Å². The Morgan fingerprint density at radius 3 is 1.75 bits per heavy atom. The second-order valence-corrected chi connectivity index (χ2v) is 24.3. The molecule has 0 radical (unpaired) electrons. The predicted molar refractivity (Wildman–Crippen MR) is 329 cm³/mol. The van der Waals surface area contributed by atoms with E-state index in [0.29, 0.717) is 17.1 Å². The molecule has 79 heavy (non-hydrogen) atoms. The van der Waals surface area contributed by atoms with Crippen molar-refractivity contribution in [3.8, 4) is 84.3 Å². The van der Waals surface area contributed by atoms with Crippen molar-refractivity contribution in [2.75, 3.05) is 0 Å². The van der Waals surface area contributed by atoms with E-state index in [4.69, 9.17) is 17.9 Å². The van der Waals surface area contributed by atoms with Gasteiger partial charge in [-0.2, -0.15) is 0 Å². The van der Waals surface area contributed by atoms with E-state index < -0.39 is 13.7 Å². The van der Waals surface area contributed by atoms with Crippen molar-refractivity contribution < 1.29 is 17.5 Å². The topological polar surface area (TPSA) is 35.9 Å². The number of para-hydroxylation sites is 1. The number of fused-ring (bicyclic) bond motifs is 10. The van der Waals surface area contributed by atoms with Crippen LogP contribution in [0.25, 0.3) is 106 Å². The summed E-state index contributed by atoms with van der Waals surface area (Å²) in [5.41, 5.74) is 16.3. The monoisotopic (exact) mass is 1030 g/mol. The molecule has 4 heterocycles. The van der Waals surface area contributed by atoms with Crippen molar-refractivity contribution in [1.82, 2.24) is 14.1 Å². The highest BCUT2D eigenvalue weighted by molar-refractivity contribution is 6.09. The lowest BCUT2D eigenvalue weighted by Gasteiger charge is -2.23. The average Bonchev–Trinajstić information content (AvgIpc) is 1.73. The largest absolute Gasteiger partial charge is 0.458 e. The molecule has 3 aromatic heterocycles. The Morgan fingerprint density at radius 2 is 1.06 bits per heavy atom. The van der Waals surface area contributed by atoms with Crippen molar-refractivity contribution >= 4 is 32.8 Å². The number of imidazole rings is 1. The lowest BCUT2D eigenvalue weighted by molar-refractivity contribution is -0.570. The molecule has 0 saturated heterocycles. The van der Waals surface area contributed by atoms with Crippen molar-refractivity contribution in [3.63, 3.8) is 0 Å². The molecule has 388 valence electrons. The summed E-state index contributed by atoms with van der Waals surface area (Å²) in [7, 11) is 0. The third kappa shape index (κ3) is 8.55. The Balaban J connectivity index is 1.09. The number of nitrogens with zero attached hydrogens (tertiary/aromatic N) is 4. The molecule has 12 aromatic rings. The summed E-state index contributed by atoms with van der Waals surface area (Å²) < 4.78 is 66.7. The molecule has 0 bridgehead atoms. The summed E-state index contributed by atoms with van der Waals surface area (Å²) in [5, 5.41) is 2.22. The van der Waals surface area contributed by atoms with Crippen LogP contribution in [0.2, 0.25) is 0 Å². The molecule has 0 atom stereocenters. The Morgan fingerprint density at radius 1 is 0.456 bits per heavy atom. The molecule has 0 unspecified atom stereocenters. The van der Waals surface area contributed by atoms with Gasteiger partial charge in [0.05, 0.1) is 33.4 Å². The number of hydrogen-bond donors (Lipinski definition) is 0. The van der Waals surface area contributed by atoms with Crippen LogP contribution in [0.1, 0.15) is 98.4 Å². The number of pyridine rings is 1. The molecule has 1 aliphatic heterocycles. The highest BCUT2D eigenvalue weighted by atomic mass is 16.5. The van der Waals surface area contributed by atoms with E-state index in [-0.39, 0.29) is 32.9 Å². The highest BCUT2D eigenvalue weighted by Crippen LogP contribution is 2.48. The van der Waals surface area contributed by atoms with Crippen molar-refractivity contribution in [2.24, 2.45) is 0 Å². The van der Waals surface area contributed by atoms with Crippen LogP contribution < -0.4 is 9.30 Å². The molecule has 1 aliphatic rings. The second-order valence-electron chi connectivity index (χ2n) is 24.3. The number of rotatable bonds is 6. The van der Waals surface area contributed by atoms with Gasteiger partial charge in [-0.25, -0.2) is 4.98 Å². The molecule has 0 N–H and O–H groups in total. The molecule has 13 rings (SSSR count). The van der Waals surface area contributed by atoms with Crippen LogP contribution in [0.3, 0.4) is 0 Å². The molecule has 0 amide bonds. The van der Waals surface area contributed by atoms with Gasteiger partial charge in [-0.15, -0.1) is 0 Å². The molecule has 0 fully saturated rings. The molecule has 5 nitrogen and oxygen atoms in total. The van der Waals surface area contributed by atoms with Crippen molar-refractivity contribution in [2.45, 2.75) is 92.3 Å². The standard InChI is InChI=1S/C74H66N4O/c1-46-20-18-21-47(2)69(46)49-38-62(48-30-32-50(33-31-48)72(3,4)5)70-63(39-49)58-26-14-12-24-56(58)57-25-13-15-27-59(57)64-40-52(74(9,10)11)41-67-71(64)77(70)45-76(67)53-22-19-23-54(43-53)79-55-34-35-61-60-28-16-17-29-65(60)78(66(61)44-55)68-42-51(36-37-75-68)73(6,7)8/h12-44H,1-11H3/i1D3,2D3. The van der Waals surface area contributed by atoms with Crippen LogP contribution in [0.15, 0.2) is 200 Å². The number of benzene rings is 9. The fourth-order valence-electron chi connectivity index (χ4n) is 11.7. The SMILES string of the molecule is [2H]C([2H])([2H])c1cccc(C([2H])([2H])[2H])c1-c1cc(-c2ccc(C(C)(C)C)cc2)c2c(c1)-c1ccccc1-c1ccccc1-c1cc(C(C)(C)C)cc3c1[n+]-2[c-]n3-c1cccc(Oc2ccc3c4ccccc4n(-c4cc(C(C)(C)C)ccn4)c3c2)c1. The van der Waals surface area contributed by atoms with E-state index in [2.05, 4.69) is 222 Å². The summed E-state index contributed by atoms with van der Waals surface area (Å²) in [6, 6.07) is 65.8. The van der Waals surface area contributed by atoms with Crippen LogP contribution >= 0.6 is 0 Å². The van der Waals surface area contributed by atoms with Gasteiger partial charge in [0.2, 0.25) is 0 Å². The maximum atomic E-state index is 8.87. The Bertz CT molecular complexity index is 4620. The second kappa shape index (κ2) is 18.4. The maximum Gasteiger partial charge on any atom is 0.269 e. The van der Waals surface area contributed by atoms with Gasteiger partial charge in [-0.1, -0.05) is 184 Å². The van der Waals surface area contributed by atoms with Gasteiger partial charge in [-0.05, 0) is 180 Å². The molecular formula is C74H66N4O. The highest BCUT2D eigenvalue weighted by Gasteiger charge is 2.30. The minimum atomic E-state index is -2.64. The third-order valence-electron chi connectivity index (χ3n) is 15.9. The number of ether oxygens (including phenoxy) is 1. The zero-order chi connectivity index (χ0) is 59.7. The number of aryl methyl sites for hydroxylation is 2. The first-order chi connectivity index (χ1) is 40.3. The van der Waals surface area contributed by atoms with Gasteiger partial charge in [0, 0.05) is 31.3 Å². The quantitative estimate of drug-likeness (QED) is 0.123. The van der Waals surface area contributed by atoms with E-state index in [1.165, 1.54) is 17.7 Å². The summed E-state index contributed by atoms with van der Waals surface area (Å²) in [6.45, 7) is 14.7. The smallest absolute Gasteiger partial charge is 0.269 e. The lowest BCUT2D eigenvalue weighted by atomic mass is 9.83. The summed E-state index contributed by atoms with van der Waals surface area (Å²) in [6.07, 6.45) is 5.87. The predicted octanol–water partition coefficient (Wildman–Crippen LogP) is 19.1. The first-order valence-electron chi connectivity index (χ1n) is 30.3. The van der Waals surface area contributed by atoms with E-state index >= 15 is 0 Å². The minimum absolute atomic E-state index is 0.0306. The fourth-order valence-corrected chi connectivity index (χ4v) is 11.7. The Hall–Kier alpha value is -8.80. The van der Waals surface area contributed by atoms with Crippen LogP contribution in [-0.2, 0) is 16.2 Å². The van der Waals surface area contributed by atoms with Gasteiger partial charge in [-0.3, -0.25) is 13.7 Å². The fraction of sp³-hybridized carbons (Fsp3) is 0.189. The van der Waals surface area contributed by atoms with Gasteiger partial charge in [0.15, 0.2) is 0 Å². The lowest BCUT2D eigenvalue weighted by Crippen LogP contribution is -2.32. The molecule has 0 aliphatic carbocycles. The van der Waals surface area contributed by atoms with Gasteiger partial charge in [0.1, 0.15) is 17.3 Å². The molecule has 9 aromatic carbocycles. The summed E-state index contributed by atoms with van der Waals surface area (Å²) in [4.78, 5) is 4.92. The Labute approximate surface area is 473 Å². The van der Waals surface area contributed by atoms with Crippen LogP contribution in [0.4, 0.5) is 0 Å². The first kappa shape index (κ1) is 43.2. The van der Waals surface area contributed by atoms with Crippen LogP contribution in [-0.4, -0.2) is 14.1 Å². The first-order valence-corrected chi connectivity index (χ1v) is 27.3. The molecular weight excluding hydrogens is 961 g/mol. The Kier molecular flexibility index (Phi) is 10.1. The average molecular weight is 1030 g/mol. The molecule has 0 spiro atoms. The normalized spacial score (nSPS) is 13.9. The van der Waals surface area contributed by atoms with Gasteiger partial charge >= 0.3 is 0 Å². The van der Waals surface area contributed by atoms with E-state index in [1.54, 1.807) is 6.07 Å². The molecule has 0 saturated carbocycles. The molecule has 5 heteroatoms. The van der Waals surface area contributed by atoms with Crippen LogP contribution in [0, 0.1) is 20.0 Å². The van der Waals surface area contributed by atoms with Gasteiger partial charge < -0.3 is 4.74 Å². The van der Waals surface area contributed by atoms with E-state index in [1.807, 2.05) is 42.6 Å². The number of hydrogen-bond acceptors (Lipinski definition) is 2. The maximum absolute atomic E-state index is 8.87. The summed E-state index contributed by atoms with van der Waals surface area (Å²) in [5.74, 6) is 2.13. The van der Waals surface area contributed by atoms with Gasteiger partial charge in [0.25, 0.3) is 6.33 Å². The number of aromatic nitrogens is 4. The zero-order valence-corrected chi connectivity index (χ0v) is 46.2. The van der Waals surface area contributed by atoms with E-state index in [9.17, 15) is 0 Å². The van der Waals surface area contributed by atoms with Crippen molar-refractivity contribution in [3.05, 3.63) is 234 Å². The third-order valence-corrected chi connectivity index (χ3v) is 15.9. The minimum Gasteiger partial charge on any atom is -0.458 e. The zero-order valence-electron chi connectivity index (χ0n) is 52.2.